The van der Waals surface area contributed by atoms with E-state index in [0.29, 0.717) is 0 Å². The lowest BCUT2D eigenvalue weighted by Gasteiger charge is -2.01. The molecule has 0 fully saturated rings. The van der Waals surface area contributed by atoms with E-state index in [9.17, 15) is 0 Å². The van der Waals surface area contributed by atoms with Crippen LogP contribution in [0.2, 0.25) is 0 Å². The molecule has 1 heteroatoms. The van der Waals surface area contributed by atoms with Crippen molar-refractivity contribution in [3.63, 3.8) is 0 Å². The summed E-state index contributed by atoms with van der Waals surface area (Å²) in [6, 6.07) is 20.2. The molecule has 0 spiro atoms. The quantitative estimate of drug-likeness (QED) is 0.535. The third-order valence-corrected chi connectivity index (χ3v) is 2.34. The molecule has 0 radical (unpaired) electrons. The number of hydrogen-bond donors (Lipinski definition) is 0. The van der Waals surface area contributed by atoms with Crippen molar-refractivity contribution in [1.29, 1.82) is 0 Å². The van der Waals surface area contributed by atoms with Crippen molar-refractivity contribution in [3.8, 4) is 0 Å². The van der Waals surface area contributed by atoms with Crippen molar-refractivity contribution in [1.82, 2.24) is 0 Å². The summed E-state index contributed by atoms with van der Waals surface area (Å²) >= 11 is 0. The maximum Gasteiger partial charge on any atom is 0.0700 e. The van der Waals surface area contributed by atoms with Gasteiger partial charge in [-0.2, -0.15) is 0 Å². The van der Waals surface area contributed by atoms with Gasteiger partial charge in [0.05, 0.1) is 5.70 Å². The van der Waals surface area contributed by atoms with E-state index in [2.05, 4.69) is 11.7 Å². The van der Waals surface area contributed by atoms with Gasteiger partial charge in [0.25, 0.3) is 0 Å². The summed E-state index contributed by atoms with van der Waals surface area (Å²) in [6.07, 6.45) is 2.03. The lowest BCUT2D eigenvalue weighted by Crippen LogP contribution is -1.80. The predicted octanol–water partition coefficient (Wildman–Crippen LogP) is 3.89. The number of hydrogen-bond acceptors (Lipinski definition) is 1. The molecule has 2 aromatic carbocycles. The Morgan fingerprint density at radius 1 is 0.875 bits per heavy atom. The van der Waals surface area contributed by atoms with E-state index in [4.69, 9.17) is 0 Å². The van der Waals surface area contributed by atoms with Crippen LogP contribution < -0.4 is 0 Å². The highest BCUT2D eigenvalue weighted by Gasteiger charge is 1.97. The van der Waals surface area contributed by atoms with Gasteiger partial charge in [0.1, 0.15) is 0 Å². The van der Waals surface area contributed by atoms with E-state index in [0.717, 1.165) is 16.8 Å². The third kappa shape index (κ3) is 2.45. The molecule has 0 saturated carbocycles. The molecule has 2 aromatic rings. The number of rotatable bonds is 3. The first-order chi connectivity index (χ1) is 7.90. The molecule has 1 nitrogen and oxygen atoms in total. The molecule has 0 heterocycles. The van der Waals surface area contributed by atoms with Gasteiger partial charge in [-0.3, -0.25) is 4.99 Å². The van der Waals surface area contributed by atoms with E-state index in [1.807, 2.05) is 66.7 Å². The fraction of sp³-hybridized carbons (Fsp3) is 0. The van der Waals surface area contributed by atoms with Crippen LogP contribution in [0.25, 0.3) is 11.8 Å². The zero-order chi connectivity index (χ0) is 11.2. The van der Waals surface area contributed by atoms with Crippen LogP contribution in [-0.4, -0.2) is 6.72 Å². The maximum absolute atomic E-state index is 4.06. The highest BCUT2D eigenvalue weighted by atomic mass is 14.7. The Labute approximate surface area is 95.8 Å². The molecule has 2 rings (SSSR count). The minimum Gasteiger partial charge on any atom is -0.264 e. The second kappa shape index (κ2) is 5.08. The first-order valence-corrected chi connectivity index (χ1v) is 5.19. The van der Waals surface area contributed by atoms with Crippen molar-refractivity contribution in [3.05, 3.63) is 71.8 Å². The van der Waals surface area contributed by atoms with Gasteiger partial charge in [0.15, 0.2) is 0 Å². The van der Waals surface area contributed by atoms with Crippen LogP contribution in [0.15, 0.2) is 65.7 Å². The highest BCUT2D eigenvalue weighted by molar-refractivity contribution is 5.82. The van der Waals surface area contributed by atoms with Crippen molar-refractivity contribution in [2.24, 2.45) is 4.99 Å². The topological polar surface area (TPSA) is 12.4 Å². The molecule has 0 aromatic heterocycles. The number of nitrogens with zero attached hydrogens (tertiary/aromatic N) is 1. The van der Waals surface area contributed by atoms with Crippen LogP contribution in [0.1, 0.15) is 11.1 Å². The van der Waals surface area contributed by atoms with Gasteiger partial charge in [0.2, 0.25) is 0 Å². The van der Waals surface area contributed by atoms with Gasteiger partial charge in [-0.05, 0) is 18.4 Å². The second-order valence-corrected chi connectivity index (χ2v) is 3.46. The summed E-state index contributed by atoms with van der Waals surface area (Å²) in [6.45, 7) is 3.62. The molecule has 0 atom stereocenters. The Bertz CT molecular complexity index is 483. The van der Waals surface area contributed by atoms with Gasteiger partial charge < -0.3 is 0 Å². The zero-order valence-electron chi connectivity index (χ0n) is 9.01. The molecule has 0 bridgehead atoms. The second-order valence-electron chi connectivity index (χ2n) is 3.46. The lowest BCUT2D eigenvalue weighted by molar-refractivity contribution is 1.53. The zero-order valence-corrected chi connectivity index (χ0v) is 9.01. The number of aliphatic imine (C=N–C) groups is 1. The summed E-state index contributed by atoms with van der Waals surface area (Å²) < 4.78 is 0. The van der Waals surface area contributed by atoms with Gasteiger partial charge in [-0.15, -0.1) is 0 Å². The maximum atomic E-state index is 4.06. The molecule has 0 amide bonds. The van der Waals surface area contributed by atoms with E-state index in [1.54, 1.807) is 0 Å². The van der Waals surface area contributed by atoms with Gasteiger partial charge in [-0.1, -0.05) is 60.7 Å². The molecule has 78 valence electrons. The summed E-state index contributed by atoms with van der Waals surface area (Å²) in [5.41, 5.74) is 3.11. The summed E-state index contributed by atoms with van der Waals surface area (Å²) in [4.78, 5) is 4.06. The van der Waals surface area contributed by atoms with Crippen LogP contribution >= 0.6 is 0 Å². The highest BCUT2D eigenvalue weighted by Crippen LogP contribution is 2.18. The normalized spacial score (nSPS) is 11.1. The summed E-state index contributed by atoms with van der Waals surface area (Å²) in [7, 11) is 0. The first-order valence-electron chi connectivity index (χ1n) is 5.19. The molecular formula is C15H13N. The Kier molecular flexibility index (Phi) is 3.29. The molecular weight excluding hydrogens is 194 g/mol. The van der Waals surface area contributed by atoms with E-state index in [-0.39, 0.29) is 0 Å². The fourth-order valence-electron chi connectivity index (χ4n) is 1.54. The average molecular weight is 207 g/mol. The van der Waals surface area contributed by atoms with E-state index < -0.39 is 0 Å². The van der Waals surface area contributed by atoms with Gasteiger partial charge in [-0.25, -0.2) is 0 Å². The SMILES string of the molecule is C=NC(=Cc1ccccc1)c1ccccc1. The first kappa shape index (κ1) is 10.4. The Morgan fingerprint density at radius 3 is 2.00 bits per heavy atom. The molecule has 0 aliphatic heterocycles. The van der Waals surface area contributed by atoms with E-state index >= 15 is 0 Å². The molecule has 0 aliphatic rings. The predicted molar refractivity (Wildman–Crippen MR) is 70.3 cm³/mol. The summed E-state index contributed by atoms with van der Waals surface area (Å²) in [5.74, 6) is 0. The van der Waals surface area contributed by atoms with Crippen molar-refractivity contribution in [2.45, 2.75) is 0 Å². The third-order valence-electron chi connectivity index (χ3n) is 2.34. The van der Waals surface area contributed by atoms with Gasteiger partial charge >= 0.3 is 0 Å². The minimum atomic E-state index is 0.895. The van der Waals surface area contributed by atoms with Crippen LogP contribution in [-0.2, 0) is 0 Å². The van der Waals surface area contributed by atoms with Crippen molar-refractivity contribution < 1.29 is 0 Å². The van der Waals surface area contributed by atoms with Crippen LogP contribution in [0.5, 0.6) is 0 Å². The molecule has 0 N–H and O–H groups in total. The lowest BCUT2D eigenvalue weighted by atomic mass is 10.1. The van der Waals surface area contributed by atoms with Crippen molar-refractivity contribution >= 4 is 18.5 Å². The van der Waals surface area contributed by atoms with Crippen LogP contribution in [0.4, 0.5) is 0 Å². The van der Waals surface area contributed by atoms with Gasteiger partial charge in [0, 0.05) is 5.56 Å². The minimum absolute atomic E-state index is 0.895. The monoisotopic (exact) mass is 207 g/mol. The molecule has 0 saturated heterocycles. The average Bonchev–Trinajstić information content (AvgIpc) is 2.38. The largest absolute Gasteiger partial charge is 0.264 e. The fourth-order valence-corrected chi connectivity index (χ4v) is 1.54. The smallest absolute Gasteiger partial charge is 0.0700 e. The number of benzene rings is 2. The Morgan fingerprint density at radius 2 is 1.44 bits per heavy atom. The molecule has 16 heavy (non-hydrogen) atoms. The van der Waals surface area contributed by atoms with Crippen LogP contribution in [0, 0.1) is 0 Å². The molecule has 0 aliphatic carbocycles. The standard InChI is InChI=1S/C15H13N/c1-16-15(14-10-6-3-7-11-14)12-13-8-4-2-5-9-13/h2-12H,1H2. The Hall–Kier alpha value is -2.15. The van der Waals surface area contributed by atoms with Crippen molar-refractivity contribution in [2.75, 3.05) is 0 Å². The molecule has 0 unspecified atom stereocenters. The van der Waals surface area contributed by atoms with Crippen LogP contribution in [0.3, 0.4) is 0 Å². The van der Waals surface area contributed by atoms with E-state index in [1.165, 1.54) is 0 Å². The Balaban J connectivity index is 2.38. The summed E-state index contributed by atoms with van der Waals surface area (Å²) in [5, 5.41) is 0.